The van der Waals surface area contributed by atoms with Crippen LogP contribution < -0.4 is 0 Å². The van der Waals surface area contributed by atoms with E-state index >= 15 is 0 Å². The van der Waals surface area contributed by atoms with Gasteiger partial charge in [0.1, 0.15) is 34.7 Å². The summed E-state index contributed by atoms with van der Waals surface area (Å²) < 4.78 is 62.0. The summed E-state index contributed by atoms with van der Waals surface area (Å²) in [6, 6.07) is 8.11. The fraction of sp³-hybridized carbons (Fsp3) is 0.485. The second kappa shape index (κ2) is 11.6. The zero-order valence-corrected chi connectivity index (χ0v) is 24.6. The molecule has 0 amide bonds. The predicted molar refractivity (Wildman–Crippen MR) is 151 cm³/mol. The molecule has 2 heterocycles. The van der Waals surface area contributed by atoms with Crippen LogP contribution in [-0.2, 0) is 10.2 Å². The molecule has 0 radical (unpaired) electrons. The van der Waals surface area contributed by atoms with E-state index in [1.807, 2.05) is 6.92 Å². The maximum Gasteiger partial charge on any atom is 0.185 e. The van der Waals surface area contributed by atoms with Crippen LogP contribution >= 0.6 is 0 Å². The van der Waals surface area contributed by atoms with E-state index in [0.717, 1.165) is 18.9 Å². The molecule has 1 aromatic heterocycles. The van der Waals surface area contributed by atoms with Crippen LogP contribution in [0.1, 0.15) is 81.8 Å². The van der Waals surface area contributed by atoms with Crippen molar-refractivity contribution in [3.05, 3.63) is 77.0 Å². The van der Waals surface area contributed by atoms with Gasteiger partial charge in [-0.3, -0.25) is 14.5 Å². The van der Waals surface area contributed by atoms with Crippen LogP contribution in [0.25, 0.3) is 11.3 Å². The highest BCUT2D eigenvalue weighted by Gasteiger charge is 2.49. The number of benzene rings is 2. The third kappa shape index (κ3) is 6.75. The summed E-state index contributed by atoms with van der Waals surface area (Å²) in [6.07, 6.45) is 2.76. The zero-order chi connectivity index (χ0) is 31.2. The molecule has 1 saturated heterocycles. The van der Waals surface area contributed by atoms with Crippen LogP contribution in [0.15, 0.2) is 47.0 Å². The van der Waals surface area contributed by atoms with Crippen molar-refractivity contribution in [1.82, 2.24) is 10.1 Å². The number of nitrogens with zero attached hydrogens (tertiary/aromatic N) is 2. The Bertz CT molecular complexity index is 1500. The van der Waals surface area contributed by atoms with Crippen LogP contribution in [0.5, 0.6) is 0 Å². The highest BCUT2D eigenvalue weighted by molar-refractivity contribution is 5.96. The number of carbonyl (C=O) groups is 2. The van der Waals surface area contributed by atoms with Gasteiger partial charge in [-0.15, -0.1) is 0 Å². The lowest BCUT2D eigenvalue weighted by atomic mass is 9.68. The van der Waals surface area contributed by atoms with Crippen molar-refractivity contribution in [2.75, 3.05) is 13.1 Å². The number of likely N-dealkylation sites (tertiary alicyclic amines) is 1. The molecule has 230 valence electrons. The Labute approximate surface area is 248 Å². The molecule has 1 N–H and O–H groups in total. The maximum absolute atomic E-state index is 14.6. The first-order valence-corrected chi connectivity index (χ1v) is 14.6. The fourth-order valence-electron chi connectivity index (χ4n) is 6.81. The summed E-state index contributed by atoms with van der Waals surface area (Å²) in [5, 5.41) is 14.2. The Morgan fingerprint density at radius 1 is 1.00 bits per heavy atom. The lowest BCUT2D eigenvalue weighted by Gasteiger charge is -2.54. The highest BCUT2D eigenvalue weighted by Crippen LogP contribution is 2.44. The van der Waals surface area contributed by atoms with Gasteiger partial charge in [-0.25, -0.2) is 17.6 Å². The molecule has 0 atom stereocenters. The van der Waals surface area contributed by atoms with Gasteiger partial charge in [0.25, 0.3) is 0 Å². The van der Waals surface area contributed by atoms with Gasteiger partial charge in [-0.2, -0.15) is 0 Å². The van der Waals surface area contributed by atoms with Crippen LogP contribution in [0.4, 0.5) is 17.6 Å². The average molecular weight is 601 g/mol. The molecule has 0 bridgehead atoms. The standard InChI is InChI=1S/C33H36F4N2O4/c1-31(2,30-24(35)5-4-6-25(30)36)15-22(40)16-33(18-39(19-33)21-9-11-32(3,42)12-10-21)17-28(41)27-14-29(43-38-27)23-8-7-20(34)13-26(23)37/h4-8,13-14,21,42H,9-12,15-19H2,1-3H3. The van der Waals surface area contributed by atoms with Crippen molar-refractivity contribution in [3.63, 3.8) is 0 Å². The Morgan fingerprint density at radius 3 is 2.28 bits per heavy atom. The Kier molecular flexibility index (Phi) is 8.39. The first-order chi connectivity index (χ1) is 20.2. The van der Waals surface area contributed by atoms with E-state index in [1.54, 1.807) is 13.8 Å². The lowest BCUT2D eigenvalue weighted by molar-refractivity contribution is -0.128. The summed E-state index contributed by atoms with van der Waals surface area (Å²) in [4.78, 5) is 29.2. The van der Waals surface area contributed by atoms with Gasteiger partial charge in [0.2, 0.25) is 0 Å². The Morgan fingerprint density at radius 2 is 1.65 bits per heavy atom. The molecule has 0 unspecified atom stereocenters. The third-order valence-electron chi connectivity index (χ3n) is 9.00. The number of ketones is 2. The van der Waals surface area contributed by atoms with E-state index < -0.39 is 45.5 Å². The van der Waals surface area contributed by atoms with Gasteiger partial charge in [-0.05, 0) is 56.9 Å². The van der Waals surface area contributed by atoms with Crippen LogP contribution in [-0.4, -0.2) is 51.5 Å². The second-order valence-corrected chi connectivity index (χ2v) is 13.3. The number of Topliss-reactive ketones (excluding diaryl/α,β-unsaturated/α-hetero) is 2. The molecule has 0 spiro atoms. The lowest BCUT2D eigenvalue weighted by Crippen LogP contribution is -2.62. The van der Waals surface area contributed by atoms with Crippen molar-refractivity contribution >= 4 is 11.6 Å². The topological polar surface area (TPSA) is 83.6 Å². The van der Waals surface area contributed by atoms with Gasteiger partial charge in [0, 0.05) is 66.9 Å². The molecular formula is C33H36F4N2O4. The minimum absolute atomic E-state index is 0.0239. The number of aromatic nitrogens is 1. The van der Waals surface area contributed by atoms with Gasteiger partial charge in [0.15, 0.2) is 11.5 Å². The molecule has 3 aromatic rings. The van der Waals surface area contributed by atoms with E-state index in [2.05, 4.69) is 10.1 Å². The van der Waals surface area contributed by atoms with E-state index in [-0.39, 0.29) is 53.7 Å². The van der Waals surface area contributed by atoms with Gasteiger partial charge in [0.05, 0.1) is 11.2 Å². The third-order valence-corrected chi connectivity index (χ3v) is 9.00. The monoisotopic (exact) mass is 600 g/mol. The molecule has 6 nitrogen and oxygen atoms in total. The van der Waals surface area contributed by atoms with Gasteiger partial charge < -0.3 is 9.63 Å². The SMILES string of the molecule is CC1(O)CCC(N2CC(CC(=O)CC(C)(C)c3c(F)cccc3F)(CC(=O)c3cc(-c4ccc(F)cc4F)on3)C2)CC1. The second-order valence-electron chi connectivity index (χ2n) is 13.3. The first kappa shape index (κ1) is 31.1. The van der Waals surface area contributed by atoms with Crippen molar-refractivity contribution in [2.45, 2.75) is 82.8 Å². The summed E-state index contributed by atoms with van der Waals surface area (Å²) >= 11 is 0. The molecule has 2 aromatic carbocycles. The van der Waals surface area contributed by atoms with Crippen molar-refractivity contribution in [2.24, 2.45) is 5.41 Å². The van der Waals surface area contributed by atoms with Gasteiger partial charge >= 0.3 is 0 Å². The summed E-state index contributed by atoms with van der Waals surface area (Å²) in [7, 11) is 0. The van der Waals surface area contributed by atoms with Crippen LogP contribution in [0.2, 0.25) is 0 Å². The van der Waals surface area contributed by atoms with Crippen molar-refractivity contribution in [1.29, 1.82) is 0 Å². The molecule has 2 aliphatic rings. The number of carbonyl (C=O) groups excluding carboxylic acids is 2. The summed E-state index contributed by atoms with van der Waals surface area (Å²) in [5.41, 5.74) is -2.78. The molecule has 2 fully saturated rings. The molecule has 10 heteroatoms. The minimum atomic E-state index is -1.11. The Balaban J connectivity index is 1.33. The van der Waals surface area contributed by atoms with Crippen LogP contribution in [0, 0.1) is 28.7 Å². The number of halogens is 4. The average Bonchev–Trinajstić information content (AvgIpc) is 3.36. The maximum atomic E-state index is 14.6. The predicted octanol–water partition coefficient (Wildman–Crippen LogP) is 6.79. The molecular weight excluding hydrogens is 564 g/mol. The summed E-state index contributed by atoms with van der Waals surface area (Å²) in [6.45, 7) is 5.99. The highest BCUT2D eigenvalue weighted by atomic mass is 19.1. The van der Waals surface area contributed by atoms with Crippen molar-refractivity contribution < 1.29 is 36.8 Å². The quantitative estimate of drug-likeness (QED) is 0.204. The van der Waals surface area contributed by atoms with Crippen LogP contribution in [0.3, 0.4) is 0 Å². The van der Waals surface area contributed by atoms with E-state index in [0.29, 0.717) is 32.0 Å². The minimum Gasteiger partial charge on any atom is -0.390 e. The van der Waals surface area contributed by atoms with E-state index in [4.69, 9.17) is 4.52 Å². The van der Waals surface area contributed by atoms with E-state index in [9.17, 15) is 32.3 Å². The normalized spacial score (nSPS) is 22.3. The molecule has 1 saturated carbocycles. The molecule has 5 rings (SSSR count). The summed E-state index contributed by atoms with van der Waals surface area (Å²) in [5.74, 6) is -3.68. The van der Waals surface area contributed by atoms with Gasteiger partial charge in [-0.1, -0.05) is 25.1 Å². The number of aliphatic hydroxyl groups is 1. The Hall–Kier alpha value is -3.37. The molecule has 1 aliphatic heterocycles. The first-order valence-electron chi connectivity index (χ1n) is 14.6. The largest absolute Gasteiger partial charge is 0.390 e. The number of hydrogen-bond acceptors (Lipinski definition) is 6. The molecule has 1 aliphatic carbocycles. The fourth-order valence-corrected chi connectivity index (χ4v) is 6.81. The zero-order valence-electron chi connectivity index (χ0n) is 24.6. The van der Waals surface area contributed by atoms with Crippen molar-refractivity contribution in [3.8, 4) is 11.3 Å². The molecule has 43 heavy (non-hydrogen) atoms. The van der Waals surface area contributed by atoms with E-state index in [1.165, 1.54) is 30.3 Å². The smallest absolute Gasteiger partial charge is 0.185 e. The number of rotatable bonds is 10. The number of hydrogen-bond donors (Lipinski definition) is 1.